The molecule has 0 bridgehead atoms. The molecular formula is C25H36ClIN2O2. The third-order valence-corrected chi connectivity index (χ3v) is 5.48. The Balaban J connectivity index is 0.00000480. The highest BCUT2D eigenvalue weighted by atomic mass is 127. The summed E-state index contributed by atoms with van der Waals surface area (Å²) in [4.78, 5) is 12.4. The Morgan fingerprint density at radius 2 is 1.74 bits per heavy atom. The molecule has 0 saturated heterocycles. The molecule has 0 saturated carbocycles. The molecule has 0 unspecified atom stereocenters. The van der Waals surface area contributed by atoms with E-state index in [1.165, 1.54) is 44.9 Å². The zero-order valence-corrected chi connectivity index (χ0v) is 21.8. The van der Waals surface area contributed by atoms with Crippen molar-refractivity contribution in [3.63, 3.8) is 0 Å². The number of carbonyl (C=O) groups excluding carboxylic acids is 1. The molecule has 1 heterocycles. The molecule has 1 amide bonds. The summed E-state index contributed by atoms with van der Waals surface area (Å²) in [6, 6.07) is 9.22. The zero-order chi connectivity index (χ0) is 21.6. The second-order valence-corrected chi connectivity index (χ2v) is 8.10. The summed E-state index contributed by atoms with van der Waals surface area (Å²) in [6.07, 6.45) is 14.2. The number of carbonyl (C=O) groups is 1. The SMILES string of the molecule is CCCCCCCCCCOc1ccc(C(=O)NCc2ccc[n+](CC)c2)cc1Cl.[I-]. The van der Waals surface area contributed by atoms with Crippen LogP contribution in [0.1, 0.15) is 81.1 Å². The molecule has 0 aliphatic carbocycles. The first-order chi connectivity index (χ1) is 14.6. The number of unbranched alkanes of at least 4 members (excludes halogenated alkanes) is 7. The number of halogens is 2. The molecule has 4 nitrogen and oxygen atoms in total. The predicted molar refractivity (Wildman–Crippen MR) is 123 cm³/mol. The van der Waals surface area contributed by atoms with E-state index in [9.17, 15) is 4.79 Å². The Bertz CT molecular complexity index is 786. The van der Waals surface area contributed by atoms with Gasteiger partial charge in [-0.05, 0) is 37.6 Å². The molecule has 0 spiro atoms. The average molecular weight is 559 g/mol. The van der Waals surface area contributed by atoms with Gasteiger partial charge in [-0.15, -0.1) is 0 Å². The fourth-order valence-electron chi connectivity index (χ4n) is 3.34. The van der Waals surface area contributed by atoms with E-state index in [-0.39, 0.29) is 29.9 Å². The number of benzene rings is 1. The van der Waals surface area contributed by atoms with E-state index < -0.39 is 0 Å². The van der Waals surface area contributed by atoms with Gasteiger partial charge in [0.1, 0.15) is 12.3 Å². The molecule has 2 rings (SSSR count). The van der Waals surface area contributed by atoms with Gasteiger partial charge in [0.15, 0.2) is 12.4 Å². The van der Waals surface area contributed by atoms with Crippen LogP contribution in [0.25, 0.3) is 0 Å². The minimum Gasteiger partial charge on any atom is -1.00 e. The van der Waals surface area contributed by atoms with Crippen molar-refractivity contribution in [2.45, 2.75) is 78.3 Å². The van der Waals surface area contributed by atoms with Crippen LogP contribution in [0.5, 0.6) is 5.75 Å². The van der Waals surface area contributed by atoms with E-state index in [1.54, 1.807) is 18.2 Å². The first-order valence-corrected chi connectivity index (χ1v) is 11.7. The Hall–Kier alpha value is -1.34. The predicted octanol–water partition coefficient (Wildman–Crippen LogP) is 3.10. The topological polar surface area (TPSA) is 42.2 Å². The maximum Gasteiger partial charge on any atom is 0.251 e. The summed E-state index contributed by atoms with van der Waals surface area (Å²) in [5.41, 5.74) is 1.60. The molecule has 0 fully saturated rings. The highest BCUT2D eigenvalue weighted by Crippen LogP contribution is 2.26. The molecule has 1 aromatic carbocycles. The number of hydrogen-bond donors (Lipinski definition) is 1. The highest BCUT2D eigenvalue weighted by Gasteiger charge is 2.10. The molecule has 1 N–H and O–H groups in total. The number of nitrogens with one attached hydrogen (secondary N) is 1. The average Bonchev–Trinajstić information content (AvgIpc) is 2.77. The first kappa shape index (κ1) is 27.7. The van der Waals surface area contributed by atoms with Crippen molar-refractivity contribution in [2.24, 2.45) is 0 Å². The summed E-state index contributed by atoms with van der Waals surface area (Å²) >= 11 is 6.33. The molecule has 172 valence electrons. The molecule has 0 aliphatic rings. The minimum atomic E-state index is -0.140. The number of aromatic nitrogens is 1. The normalized spacial score (nSPS) is 10.4. The summed E-state index contributed by atoms with van der Waals surface area (Å²) in [7, 11) is 0. The number of pyridine rings is 1. The summed E-state index contributed by atoms with van der Waals surface area (Å²) in [5.74, 6) is 0.502. The van der Waals surface area contributed by atoms with E-state index in [2.05, 4.69) is 23.7 Å². The standard InChI is InChI=1S/C25H35ClN2O2.HI/c1-3-5-6-7-8-9-10-11-17-30-24-15-14-22(18-23(24)26)25(29)27-19-21-13-12-16-28(4-2)20-21;/h12-16,18,20H,3-11,17,19H2,1-2H3;1H. The van der Waals surface area contributed by atoms with Crippen LogP contribution in [0.4, 0.5) is 0 Å². The van der Waals surface area contributed by atoms with Crippen LogP contribution in [0.15, 0.2) is 42.7 Å². The lowest BCUT2D eigenvalue weighted by Crippen LogP contribution is -3.00. The Morgan fingerprint density at radius 3 is 2.42 bits per heavy atom. The van der Waals surface area contributed by atoms with Gasteiger partial charge in [0, 0.05) is 23.7 Å². The molecule has 6 heteroatoms. The Labute approximate surface area is 209 Å². The highest BCUT2D eigenvalue weighted by molar-refractivity contribution is 6.32. The third-order valence-electron chi connectivity index (χ3n) is 5.19. The number of rotatable bonds is 14. The summed E-state index contributed by atoms with van der Waals surface area (Å²) in [6.45, 7) is 6.37. The number of hydrogen-bond acceptors (Lipinski definition) is 2. The molecule has 2 aromatic rings. The van der Waals surface area contributed by atoms with E-state index in [4.69, 9.17) is 16.3 Å². The van der Waals surface area contributed by atoms with E-state index in [1.807, 2.05) is 24.5 Å². The maximum absolute atomic E-state index is 12.4. The van der Waals surface area contributed by atoms with Gasteiger partial charge in [0.05, 0.1) is 11.6 Å². The minimum absolute atomic E-state index is 0. The van der Waals surface area contributed by atoms with Crippen molar-refractivity contribution in [3.05, 3.63) is 58.9 Å². The van der Waals surface area contributed by atoms with Gasteiger partial charge in [0.25, 0.3) is 5.91 Å². The summed E-state index contributed by atoms with van der Waals surface area (Å²) in [5, 5.41) is 3.42. The van der Waals surface area contributed by atoms with E-state index in [0.29, 0.717) is 29.5 Å². The largest absolute Gasteiger partial charge is 1.00 e. The molecule has 0 aliphatic heterocycles. The molecule has 0 radical (unpaired) electrons. The van der Waals surface area contributed by atoms with Crippen molar-refractivity contribution < 1.29 is 38.1 Å². The fraction of sp³-hybridized carbons (Fsp3) is 0.520. The van der Waals surface area contributed by atoms with Crippen molar-refractivity contribution >= 4 is 17.5 Å². The summed E-state index contributed by atoms with van der Waals surface area (Å²) < 4.78 is 7.89. The third kappa shape index (κ3) is 10.7. The second kappa shape index (κ2) is 16.3. The van der Waals surface area contributed by atoms with Crippen LogP contribution >= 0.6 is 11.6 Å². The monoisotopic (exact) mass is 558 g/mol. The van der Waals surface area contributed by atoms with E-state index in [0.717, 1.165) is 18.5 Å². The maximum atomic E-state index is 12.4. The quantitative estimate of drug-likeness (QED) is 0.220. The Kier molecular flexibility index (Phi) is 14.6. The zero-order valence-electron chi connectivity index (χ0n) is 18.8. The van der Waals surface area contributed by atoms with Crippen molar-refractivity contribution in [2.75, 3.05) is 6.61 Å². The van der Waals surface area contributed by atoms with E-state index >= 15 is 0 Å². The number of aryl methyl sites for hydroxylation is 1. The van der Waals surface area contributed by atoms with Gasteiger partial charge >= 0.3 is 0 Å². The van der Waals surface area contributed by atoms with Gasteiger partial charge in [-0.2, -0.15) is 0 Å². The lowest BCUT2D eigenvalue weighted by molar-refractivity contribution is -0.694. The van der Waals surface area contributed by atoms with Gasteiger partial charge in [-0.1, -0.05) is 63.5 Å². The van der Waals surface area contributed by atoms with Gasteiger partial charge in [-0.3, -0.25) is 4.79 Å². The number of amides is 1. The van der Waals surface area contributed by atoms with Crippen LogP contribution in [0.2, 0.25) is 5.02 Å². The van der Waals surface area contributed by atoms with Gasteiger partial charge in [-0.25, -0.2) is 4.57 Å². The second-order valence-electron chi connectivity index (χ2n) is 7.69. The van der Waals surface area contributed by atoms with Crippen molar-refractivity contribution in [3.8, 4) is 5.75 Å². The first-order valence-electron chi connectivity index (χ1n) is 11.3. The van der Waals surface area contributed by atoms with Crippen LogP contribution in [-0.2, 0) is 13.1 Å². The fourth-order valence-corrected chi connectivity index (χ4v) is 3.57. The lowest BCUT2D eigenvalue weighted by Gasteiger charge is -2.10. The lowest BCUT2D eigenvalue weighted by atomic mass is 10.1. The van der Waals surface area contributed by atoms with Gasteiger partial charge < -0.3 is 34.0 Å². The number of nitrogens with zero attached hydrogens (tertiary/aromatic N) is 1. The van der Waals surface area contributed by atoms with Crippen LogP contribution < -0.4 is 38.6 Å². The smallest absolute Gasteiger partial charge is 0.251 e. The van der Waals surface area contributed by atoms with Crippen LogP contribution in [0.3, 0.4) is 0 Å². The number of ether oxygens (including phenoxy) is 1. The molecular weight excluding hydrogens is 523 g/mol. The molecule has 31 heavy (non-hydrogen) atoms. The Morgan fingerprint density at radius 1 is 1.03 bits per heavy atom. The van der Waals surface area contributed by atoms with Gasteiger partial charge in [0.2, 0.25) is 0 Å². The molecule has 0 atom stereocenters. The van der Waals surface area contributed by atoms with Crippen molar-refractivity contribution in [1.82, 2.24) is 5.32 Å². The van der Waals surface area contributed by atoms with Crippen LogP contribution in [0, 0.1) is 0 Å². The molecule has 1 aromatic heterocycles. The van der Waals surface area contributed by atoms with Crippen molar-refractivity contribution in [1.29, 1.82) is 0 Å². The van der Waals surface area contributed by atoms with Crippen LogP contribution in [-0.4, -0.2) is 12.5 Å².